The van der Waals surface area contributed by atoms with Gasteiger partial charge in [0.1, 0.15) is 0 Å². The maximum atomic E-state index is 4.73. The van der Waals surface area contributed by atoms with Crippen LogP contribution in [0.15, 0.2) is 0 Å². The zero-order valence-corrected chi connectivity index (χ0v) is 14.7. The molecule has 1 aromatic heterocycles. The first-order valence-corrected chi connectivity index (χ1v) is 8.94. The van der Waals surface area contributed by atoms with E-state index in [4.69, 9.17) is 5.10 Å². The van der Waals surface area contributed by atoms with Crippen LogP contribution in [0.5, 0.6) is 0 Å². The van der Waals surface area contributed by atoms with Crippen molar-refractivity contribution < 1.29 is 0 Å². The van der Waals surface area contributed by atoms with Crippen molar-refractivity contribution >= 4 is 0 Å². The smallest absolute Gasteiger partial charge is 0.0628 e. The third kappa shape index (κ3) is 6.64. The molecule has 1 aromatic rings. The molecule has 0 saturated heterocycles. The predicted octanol–water partition coefficient (Wildman–Crippen LogP) is 4.40. The maximum Gasteiger partial charge on any atom is 0.0628 e. The van der Waals surface area contributed by atoms with Crippen LogP contribution in [0.25, 0.3) is 0 Å². The van der Waals surface area contributed by atoms with Gasteiger partial charge in [0.25, 0.3) is 0 Å². The predicted molar refractivity (Wildman–Crippen MR) is 91.9 cm³/mol. The van der Waals surface area contributed by atoms with Crippen LogP contribution in [0, 0.1) is 13.8 Å². The zero-order chi connectivity index (χ0) is 15.5. The Morgan fingerprint density at radius 3 is 2.33 bits per heavy atom. The van der Waals surface area contributed by atoms with E-state index in [1.807, 2.05) is 0 Å². The summed E-state index contributed by atoms with van der Waals surface area (Å²) in [6.45, 7) is 12.1. The fraction of sp³-hybridized carbons (Fsp3) is 0.833. The first kappa shape index (κ1) is 18.2. The molecule has 0 aliphatic carbocycles. The van der Waals surface area contributed by atoms with Crippen molar-refractivity contribution in [1.29, 1.82) is 0 Å². The zero-order valence-electron chi connectivity index (χ0n) is 14.7. The number of hydrogen-bond donors (Lipinski definition) is 1. The van der Waals surface area contributed by atoms with Gasteiger partial charge < -0.3 is 5.32 Å². The van der Waals surface area contributed by atoms with Crippen molar-refractivity contribution in [2.75, 3.05) is 13.1 Å². The van der Waals surface area contributed by atoms with Crippen molar-refractivity contribution in [2.45, 2.75) is 85.6 Å². The summed E-state index contributed by atoms with van der Waals surface area (Å²) >= 11 is 0. The van der Waals surface area contributed by atoms with Gasteiger partial charge in [0.05, 0.1) is 5.69 Å². The Bertz CT molecular complexity index is 382. The fourth-order valence-electron chi connectivity index (χ4n) is 2.87. The molecule has 1 N–H and O–H groups in total. The minimum absolute atomic E-state index is 1.07. The molecule has 0 fully saturated rings. The molecule has 1 rings (SSSR count). The number of hydrogen-bond acceptors (Lipinski definition) is 2. The van der Waals surface area contributed by atoms with Gasteiger partial charge in [-0.1, -0.05) is 46.0 Å². The highest BCUT2D eigenvalue weighted by Gasteiger charge is 2.10. The first-order chi connectivity index (χ1) is 10.2. The van der Waals surface area contributed by atoms with Crippen LogP contribution in [-0.4, -0.2) is 22.9 Å². The Hall–Kier alpha value is -0.830. The van der Waals surface area contributed by atoms with Gasteiger partial charge in [0, 0.05) is 12.2 Å². The molecule has 0 saturated carbocycles. The molecule has 0 amide bonds. The number of aromatic nitrogens is 2. The number of nitrogens with zero attached hydrogens (tertiary/aromatic N) is 2. The highest BCUT2D eigenvalue weighted by Crippen LogP contribution is 2.15. The summed E-state index contributed by atoms with van der Waals surface area (Å²) in [7, 11) is 0. The molecule has 0 aliphatic heterocycles. The van der Waals surface area contributed by atoms with E-state index in [1.165, 1.54) is 61.9 Å². The van der Waals surface area contributed by atoms with Crippen molar-refractivity contribution in [3.8, 4) is 0 Å². The van der Waals surface area contributed by atoms with Gasteiger partial charge in [-0.25, -0.2) is 0 Å². The van der Waals surface area contributed by atoms with Gasteiger partial charge in [0.2, 0.25) is 0 Å². The molecular formula is C18H35N3. The third-order valence-corrected chi connectivity index (χ3v) is 4.23. The van der Waals surface area contributed by atoms with Crippen molar-refractivity contribution in [3.63, 3.8) is 0 Å². The van der Waals surface area contributed by atoms with Crippen LogP contribution in [-0.2, 0) is 13.0 Å². The molecule has 0 radical (unpaired) electrons. The lowest BCUT2D eigenvalue weighted by atomic mass is 10.1. The van der Waals surface area contributed by atoms with Crippen LogP contribution in [0.1, 0.15) is 75.7 Å². The molecule has 122 valence electrons. The van der Waals surface area contributed by atoms with Crippen molar-refractivity contribution in [2.24, 2.45) is 0 Å². The third-order valence-electron chi connectivity index (χ3n) is 4.23. The average molecular weight is 293 g/mol. The molecule has 0 aromatic carbocycles. The van der Waals surface area contributed by atoms with Gasteiger partial charge in [0.15, 0.2) is 0 Å². The molecular weight excluding hydrogens is 258 g/mol. The van der Waals surface area contributed by atoms with Crippen LogP contribution in [0.2, 0.25) is 0 Å². The lowest BCUT2D eigenvalue weighted by molar-refractivity contribution is 0.517. The SMILES string of the molecule is CCCCCCCCn1nc(C)c(CCNCCC)c1C. The highest BCUT2D eigenvalue weighted by atomic mass is 15.3. The Morgan fingerprint density at radius 1 is 0.905 bits per heavy atom. The molecule has 3 heteroatoms. The van der Waals surface area contributed by atoms with Crippen LogP contribution in [0.3, 0.4) is 0 Å². The minimum Gasteiger partial charge on any atom is -0.316 e. The Kier molecular flexibility index (Phi) is 9.40. The number of unbranched alkanes of at least 4 members (excludes halogenated alkanes) is 5. The van der Waals surface area contributed by atoms with E-state index in [9.17, 15) is 0 Å². The van der Waals surface area contributed by atoms with E-state index < -0.39 is 0 Å². The van der Waals surface area contributed by atoms with Crippen LogP contribution >= 0.6 is 0 Å². The van der Waals surface area contributed by atoms with E-state index in [0.29, 0.717) is 0 Å². The number of nitrogens with one attached hydrogen (secondary N) is 1. The van der Waals surface area contributed by atoms with E-state index in [1.54, 1.807) is 0 Å². The van der Waals surface area contributed by atoms with Crippen molar-refractivity contribution in [1.82, 2.24) is 15.1 Å². The molecule has 3 nitrogen and oxygen atoms in total. The lowest BCUT2D eigenvalue weighted by Gasteiger charge is -2.06. The molecule has 0 atom stereocenters. The second-order valence-corrected chi connectivity index (χ2v) is 6.14. The van der Waals surface area contributed by atoms with Crippen molar-refractivity contribution in [3.05, 3.63) is 17.0 Å². The topological polar surface area (TPSA) is 29.9 Å². The minimum atomic E-state index is 1.07. The summed E-state index contributed by atoms with van der Waals surface area (Å²) in [4.78, 5) is 0. The largest absolute Gasteiger partial charge is 0.316 e. The van der Waals surface area contributed by atoms with Gasteiger partial charge >= 0.3 is 0 Å². The summed E-state index contributed by atoms with van der Waals surface area (Å²) in [6.07, 6.45) is 10.4. The molecule has 0 bridgehead atoms. The van der Waals surface area contributed by atoms with Gasteiger partial charge in [-0.15, -0.1) is 0 Å². The van der Waals surface area contributed by atoms with E-state index in [0.717, 1.165) is 26.1 Å². The molecule has 0 aliphatic rings. The van der Waals surface area contributed by atoms with Gasteiger partial charge in [-0.3, -0.25) is 4.68 Å². The first-order valence-electron chi connectivity index (χ1n) is 8.94. The van der Waals surface area contributed by atoms with Crippen LogP contribution < -0.4 is 5.32 Å². The summed E-state index contributed by atoms with van der Waals surface area (Å²) < 4.78 is 2.23. The van der Waals surface area contributed by atoms with E-state index in [2.05, 4.69) is 37.7 Å². The van der Waals surface area contributed by atoms with E-state index in [-0.39, 0.29) is 0 Å². The maximum absolute atomic E-state index is 4.73. The molecule has 0 spiro atoms. The monoisotopic (exact) mass is 293 g/mol. The quantitative estimate of drug-likeness (QED) is 0.579. The summed E-state index contributed by atoms with van der Waals surface area (Å²) in [5.74, 6) is 0. The Labute approximate surface area is 131 Å². The summed E-state index contributed by atoms with van der Waals surface area (Å²) in [6, 6.07) is 0. The average Bonchev–Trinajstić information content (AvgIpc) is 2.74. The second-order valence-electron chi connectivity index (χ2n) is 6.14. The van der Waals surface area contributed by atoms with Gasteiger partial charge in [-0.05, 0) is 51.8 Å². The fourth-order valence-corrected chi connectivity index (χ4v) is 2.87. The van der Waals surface area contributed by atoms with E-state index >= 15 is 0 Å². The Morgan fingerprint density at radius 2 is 1.62 bits per heavy atom. The number of aryl methyl sites for hydroxylation is 2. The summed E-state index contributed by atoms with van der Waals surface area (Å²) in [5, 5.41) is 8.21. The lowest BCUT2D eigenvalue weighted by Crippen LogP contribution is -2.18. The standard InChI is InChI=1S/C18H35N3/c1-5-7-8-9-10-11-15-21-17(4)18(16(3)20-21)12-14-19-13-6-2/h19H,5-15H2,1-4H3. The highest BCUT2D eigenvalue weighted by molar-refractivity contribution is 5.24. The van der Waals surface area contributed by atoms with Crippen LogP contribution in [0.4, 0.5) is 0 Å². The number of rotatable bonds is 12. The molecule has 1 heterocycles. The molecule has 0 unspecified atom stereocenters. The second kappa shape index (κ2) is 10.8. The Balaban J connectivity index is 2.34. The normalized spacial score (nSPS) is 11.2. The molecule has 21 heavy (non-hydrogen) atoms. The van der Waals surface area contributed by atoms with Gasteiger partial charge in [-0.2, -0.15) is 5.10 Å². The summed E-state index contributed by atoms with van der Waals surface area (Å²) in [5.41, 5.74) is 4.04.